The van der Waals surface area contributed by atoms with Crippen LogP contribution in [0.1, 0.15) is 47.5 Å². The van der Waals surface area contributed by atoms with Crippen LogP contribution in [0, 0.1) is 11.3 Å². The van der Waals surface area contributed by atoms with E-state index in [-0.39, 0.29) is 28.7 Å². The number of hydrogen-bond acceptors (Lipinski definition) is 4. The molecule has 22 heavy (non-hydrogen) atoms. The topological polar surface area (TPSA) is 53.7 Å². The van der Waals surface area contributed by atoms with Crippen molar-refractivity contribution in [3.8, 4) is 0 Å². The molecule has 2 N–H and O–H groups in total. The van der Waals surface area contributed by atoms with Crippen molar-refractivity contribution in [1.82, 2.24) is 0 Å². The normalized spacial score (nSPS) is 39.3. The Morgan fingerprint density at radius 1 is 1.14 bits per heavy atom. The van der Waals surface area contributed by atoms with Crippen molar-refractivity contribution in [1.29, 1.82) is 0 Å². The summed E-state index contributed by atoms with van der Waals surface area (Å²) in [5, 5.41) is 0.232. The summed E-state index contributed by atoms with van der Waals surface area (Å²) in [4.78, 5) is 0. The number of rotatable bonds is 3. The zero-order valence-electron chi connectivity index (χ0n) is 15.2. The lowest BCUT2D eigenvalue weighted by molar-refractivity contribution is -0.165. The molecule has 0 amide bonds. The molecule has 3 aliphatic rings. The second-order valence-electron chi connectivity index (χ2n) is 9.50. The lowest BCUT2D eigenvalue weighted by Crippen LogP contribution is -2.44. The van der Waals surface area contributed by atoms with Crippen LogP contribution in [0.4, 0.5) is 0 Å². The summed E-state index contributed by atoms with van der Waals surface area (Å²) in [5.41, 5.74) is 6.75. The molecule has 3 fully saturated rings. The van der Waals surface area contributed by atoms with Gasteiger partial charge < -0.3 is 19.6 Å². The third-order valence-corrected chi connectivity index (χ3v) is 11.1. The van der Waals surface area contributed by atoms with Crippen molar-refractivity contribution >= 4 is 8.32 Å². The standard InChI is InChI=1S/C17H33NO3Si/c1-15(2,3)22(6,7)19-10-11-12-13(21-16(4,5)20-12)14(18)17(11)8-9-17/h11-14H,8-10,18H2,1-7H3/t11-,12?,13+,14+/m1/s1. The summed E-state index contributed by atoms with van der Waals surface area (Å²) < 4.78 is 18.8. The second kappa shape index (κ2) is 4.79. The van der Waals surface area contributed by atoms with E-state index in [0.717, 1.165) is 6.61 Å². The van der Waals surface area contributed by atoms with Crippen molar-refractivity contribution < 1.29 is 13.9 Å². The van der Waals surface area contributed by atoms with Gasteiger partial charge in [0.2, 0.25) is 0 Å². The van der Waals surface area contributed by atoms with Gasteiger partial charge in [-0.25, -0.2) is 0 Å². The van der Waals surface area contributed by atoms with Gasteiger partial charge in [-0.3, -0.25) is 0 Å². The maximum absolute atomic E-state index is 6.55. The van der Waals surface area contributed by atoms with Crippen LogP contribution < -0.4 is 5.73 Å². The zero-order valence-corrected chi connectivity index (χ0v) is 16.2. The molecule has 0 aromatic rings. The summed E-state index contributed by atoms with van der Waals surface area (Å²) in [6.45, 7) is 16.2. The average molecular weight is 328 g/mol. The van der Waals surface area contributed by atoms with Gasteiger partial charge in [-0.2, -0.15) is 0 Å². The van der Waals surface area contributed by atoms with Gasteiger partial charge in [0.1, 0.15) is 6.10 Å². The highest BCUT2D eigenvalue weighted by atomic mass is 28.4. The van der Waals surface area contributed by atoms with Crippen LogP contribution in [0.3, 0.4) is 0 Å². The lowest BCUT2D eigenvalue weighted by atomic mass is 9.90. The number of hydrogen-bond donors (Lipinski definition) is 1. The monoisotopic (exact) mass is 327 g/mol. The largest absolute Gasteiger partial charge is 0.416 e. The van der Waals surface area contributed by atoms with Gasteiger partial charge in [0.15, 0.2) is 14.1 Å². The van der Waals surface area contributed by atoms with E-state index in [4.69, 9.17) is 19.6 Å². The number of fused-ring (bicyclic) bond motifs is 1. The molecule has 1 aliphatic heterocycles. The van der Waals surface area contributed by atoms with Crippen molar-refractivity contribution in [3.05, 3.63) is 0 Å². The molecule has 0 aromatic heterocycles. The highest BCUT2D eigenvalue weighted by Gasteiger charge is 2.69. The van der Waals surface area contributed by atoms with Gasteiger partial charge in [0, 0.05) is 18.6 Å². The van der Waals surface area contributed by atoms with E-state index in [1.165, 1.54) is 12.8 Å². The van der Waals surface area contributed by atoms with Crippen LogP contribution in [0.15, 0.2) is 0 Å². The Hall–Kier alpha value is 0.0569. The molecule has 1 heterocycles. The molecule has 128 valence electrons. The first-order valence-electron chi connectivity index (χ1n) is 8.65. The van der Waals surface area contributed by atoms with Crippen LogP contribution in [0.5, 0.6) is 0 Å². The minimum Gasteiger partial charge on any atom is -0.416 e. The maximum atomic E-state index is 6.55. The molecule has 4 nitrogen and oxygen atoms in total. The van der Waals surface area contributed by atoms with Crippen molar-refractivity contribution in [2.24, 2.45) is 17.1 Å². The van der Waals surface area contributed by atoms with Gasteiger partial charge in [-0.15, -0.1) is 0 Å². The van der Waals surface area contributed by atoms with Crippen LogP contribution in [-0.2, 0) is 13.9 Å². The van der Waals surface area contributed by atoms with E-state index in [9.17, 15) is 0 Å². The first-order valence-corrected chi connectivity index (χ1v) is 11.6. The summed E-state index contributed by atoms with van der Waals surface area (Å²) in [6.07, 6.45) is 2.52. The van der Waals surface area contributed by atoms with Crippen molar-refractivity contribution in [3.63, 3.8) is 0 Å². The Morgan fingerprint density at radius 2 is 1.68 bits per heavy atom. The molecule has 0 bridgehead atoms. The SMILES string of the molecule is CC1(C)OC2[C@@H](CO[Si](C)(C)C(C)(C)C)C3(CC3)[C@@H](N)[C@H]2O1. The number of nitrogens with two attached hydrogens (primary N) is 1. The van der Waals surface area contributed by atoms with Crippen molar-refractivity contribution in [2.45, 2.75) is 89.6 Å². The predicted octanol–water partition coefficient (Wildman–Crippen LogP) is 3.27. The fraction of sp³-hybridized carbons (Fsp3) is 1.00. The van der Waals surface area contributed by atoms with E-state index < -0.39 is 14.1 Å². The minimum atomic E-state index is -1.75. The Balaban J connectivity index is 1.75. The average Bonchev–Trinajstić information content (AvgIpc) is 3.03. The van der Waals surface area contributed by atoms with E-state index in [0.29, 0.717) is 5.92 Å². The Labute approximate surface area is 136 Å². The quantitative estimate of drug-likeness (QED) is 0.808. The van der Waals surface area contributed by atoms with Gasteiger partial charge in [-0.1, -0.05) is 20.8 Å². The summed E-state index contributed by atoms with van der Waals surface area (Å²) in [5.74, 6) is -0.137. The smallest absolute Gasteiger partial charge is 0.191 e. The molecule has 1 spiro atoms. The van der Waals surface area contributed by atoms with Gasteiger partial charge in [0.05, 0.1) is 6.10 Å². The Morgan fingerprint density at radius 3 is 2.18 bits per heavy atom. The van der Waals surface area contributed by atoms with Crippen LogP contribution in [0.25, 0.3) is 0 Å². The van der Waals surface area contributed by atoms with E-state index >= 15 is 0 Å². The fourth-order valence-electron chi connectivity index (χ4n) is 3.93. The fourth-order valence-corrected chi connectivity index (χ4v) is 4.96. The number of ether oxygens (including phenoxy) is 2. The van der Waals surface area contributed by atoms with Gasteiger partial charge in [-0.05, 0) is 50.2 Å². The highest BCUT2D eigenvalue weighted by Crippen LogP contribution is 2.64. The zero-order chi connectivity index (χ0) is 16.6. The molecular formula is C17H33NO3Si. The molecule has 0 radical (unpaired) electrons. The highest BCUT2D eigenvalue weighted by molar-refractivity contribution is 6.74. The summed E-state index contributed by atoms with van der Waals surface area (Å²) in [7, 11) is -1.75. The lowest BCUT2D eigenvalue weighted by Gasteiger charge is -2.38. The molecule has 2 aliphatic carbocycles. The molecule has 5 heteroatoms. The van der Waals surface area contributed by atoms with Crippen LogP contribution in [-0.4, -0.2) is 39.0 Å². The molecule has 1 saturated heterocycles. The molecule has 1 unspecified atom stereocenters. The van der Waals surface area contributed by atoms with Crippen LogP contribution in [0.2, 0.25) is 18.1 Å². The predicted molar refractivity (Wildman–Crippen MR) is 90.1 cm³/mol. The molecular weight excluding hydrogens is 294 g/mol. The first-order chi connectivity index (χ1) is 9.90. The van der Waals surface area contributed by atoms with Crippen LogP contribution >= 0.6 is 0 Å². The Bertz CT molecular complexity index is 453. The maximum Gasteiger partial charge on any atom is 0.191 e. The first kappa shape index (κ1) is 16.9. The molecule has 3 rings (SSSR count). The third kappa shape index (κ3) is 2.49. The summed E-state index contributed by atoms with van der Waals surface area (Å²) in [6, 6.07) is 0.0901. The molecule has 2 saturated carbocycles. The Kier molecular flexibility index (Phi) is 3.68. The second-order valence-corrected chi connectivity index (χ2v) is 14.3. The van der Waals surface area contributed by atoms with Gasteiger partial charge in [0.25, 0.3) is 0 Å². The van der Waals surface area contributed by atoms with Crippen molar-refractivity contribution in [2.75, 3.05) is 6.61 Å². The molecule has 4 atom stereocenters. The third-order valence-electron chi connectivity index (χ3n) is 6.57. The minimum absolute atomic E-state index is 0.0329. The van der Waals surface area contributed by atoms with Gasteiger partial charge >= 0.3 is 0 Å². The van der Waals surface area contributed by atoms with E-state index in [2.05, 4.69) is 33.9 Å². The van der Waals surface area contributed by atoms with E-state index in [1.807, 2.05) is 13.8 Å². The molecule has 0 aromatic carbocycles. The van der Waals surface area contributed by atoms with E-state index in [1.54, 1.807) is 0 Å². The summed E-state index contributed by atoms with van der Waals surface area (Å²) >= 11 is 0.